The summed E-state index contributed by atoms with van der Waals surface area (Å²) < 4.78 is 23.8. The molecule has 2 atom stereocenters. The van der Waals surface area contributed by atoms with Crippen molar-refractivity contribution in [1.29, 1.82) is 0 Å². The number of hydrogen-bond donors (Lipinski definition) is 1. The minimum atomic E-state index is -3.02. The highest BCUT2D eigenvalue weighted by atomic mass is 32.2. The zero-order valence-corrected chi connectivity index (χ0v) is 14.8. The lowest BCUT2D eigenvalue weighted by molar-refractivity contribution is 0.139. The maximum atomic E-state index is 12.2. The van der Waals surface area contributed by atoms with Gasteiger partial charge in [-0.05, 0) is 40.0 Å². The molecule has 0 aromatic carbocycles. The van der Waals surface area contributed by atoms with Gasteiger partial charge in [0.15, 0.2) is 9.84 Å². The second-order valence-corrected chi connectivity index (χ2v) is 10.4. The first kappa shape index (κ1) is 17.9. The number of nitrogens with one attached hydrogen (secondary N) is 1. The van der Waals surface area contributed by atoms with Crippen LogP contribution in [-0.2, 0) is 9.84 Å². The van der Waals surface area contributed by atoms with Crippen molar-refractivity contribution in [3.63, 3.8) is 0 Å². The van der Waals surface area contributed by atoms with Crippen molar-refractivity contribution in [2.75, 3.05) is 25.4 Å². The second-order valence-electron chi connectivity index (χ2n) is 7.51. The number of piperazine rings is 1. The minimum absolute atomic E-state index is 0.259. The number of rotatable bonds is 5. The average molecular weight is 304 g/mol. The van der Waals surface area contributed by atoms with Gasteiger partial charge in [0, 0.05) is 31.7 Å². The molecule has 1 aliphatic rings. The summed E-state index contributed by atoms with van der Waals surface area (Å²) in [5, 5.41) is 3.57. The normalized spacial score (nSPS) is 26.1. The zero-order valence-electron chi connectivity index (χ0n) is 13.9. The van der Waals surface area contributed by atoms with E-state index in [4.69, 9.17) is 0 Å². The van der Waals surface area contributed by atoms with Crippen molar-refractivity contribution in [2.24, 2.45) is 5.92 Å². The molecule has 20 heavy (non-hydrogen) atoms. The quantitative estimate of drug-likeness (QED) is 0.843. The molecule has 0 aromatic heterocycles. The Morgan fingerprint density at radius 2 is 1.90 bits per heavy atom. The molecule has 0 aliphatic carbocycles. The van der Waals surface area contributed by atoms with Crippen LogP contribution < -0.4 is 5.32 Å². The van der Waals surface area contributed by atoms with Gasteiger partial charge < -0.3 is 5.32 Å². The van der Waals surface area contributed by atoms with Gasteiger partial charge in [-0.1, -0.05) is 13.8 Å². The highest BCUT2D eigenvalue weighted by molar-refractivity contribution is 7.92. The van der Waals surface area contributed by atoms with E-state index in [9.17, 15) is 8.42 Å². The molecule has 1 N–H and O–H groups in total. The van der Waals surface area contributed by atoms with Crippen LogP contribution in [0.5, 0.6) is 0 Å². The standard InChI is InChI=1S/C15H32N2O2S/c1-12(2)9-14-11-17(13(3)10-16-14)7-8-20(18,19)15(4,5)6/h12-14,16H,7-11H2,1-6H3. The van der Waals surface area contributed by atoms with Crippen molar-refractivity contribution < 1.29 is 8.42 Å². The number of hydrogen-bond acceptors (Lipinski definition) is 4. The predicted molar refractivity (Wildman–Crippen MR) is 85.8 cm³/mol. The van der Waals surface area contributed by atoms with Gasteiger partial charge in [-0.25, -0.2) is 8.42 Å². The van der Waals surface area contributed by atoms with Crippen LogP contribution in [0.15, 0.2) is 0 Å². The summed E-state index contributed by atoms with van der Waals surface area (Å²) >= 11 is 0. The van der Waals surface area contributed by atoms with Crippen LogP contribution >= 0.6 is 0 Å². The van der Waals surface area contributed by atoms with Gasteiger partial charge in [0.1, 0.15) is 0 Å². The maximum absolute atomic E-state index is 12.2. The third-order valence-corrected chi connectivity index (χ3v) is 6.70. The molecule has 0 radical (unpaired) electrons. The molecule has 1 saturated heterocycles. The molecule has 1 rings (SSSR count). The molecular weight excluding hydrogens is 272 g/mol. The highest BCUT2D eigenvalue weighted by Crippen LogP contribution is 2.18. The fraction of sp³-hybridized carbons (Fsp3) is 1.00. The predicted octanol–water partition coefficient (Wildman–Crippen LogP) is 1.91. The first-order valence-corrected chi connectivity index (χ1v) is 9.38. The van der Waals surface area contributed by atoms with Crippen molar-refractivity contribution >= 4 is 9.84 Å². The molecule has 1 heterocycles. The van der Waals surface area contributed by atoms with E-state index in [1.165, 1.54) is 0 Å². The Morgan fingerprint density at radius 3 is 2.40 bits per heavy atom. The Hall–Kier alpha value is -0.130. The van der Waals surface area contributed by atoms with Crippen LogP contribution in [0, 0.1) is 5.92 Å². The number of sulfone groups is 1. The minimum Gasteiger partial charge on any atom is -0.311 e. The molecule has 4 nitrogen and oxygen atoms in total. The van der Waals surface area contributed by atoms with Gasteiger partial charge in [-0.3, -0.25) is 4.90 Å². The first-order chi connectivity index (χ1) is 9.03. The summed E-state index contributed by atoms with van der Waals surface area (Å²) in [5.74, 6) is 0.927. The van der Waals surface area contributed by atoms with E-state index < -0.39 is 14.6 Å². The van der Waals surface area contributed by atoms with Gasteiger partial charge in [0.25, 0.3) is 0 Å². The van der Waals surface area contributed by atoms with E-state index in [0.29, 0.717) is 24.5 Å². The van der Waals surface area contributed by atoms with Crippen molar-refractivity contribution in [3.05, 3.63) is 0 Å². The lowest BCUT2D eigenvalue weighted by Gasteiger charge is -2.39. The molecule has 1 aliphatic heterocycles. The van der Waals surface area contributed by atoms with Crippen LogP contribution in [0.3, 0.4) is 0 Å². The fourth-order valence-corrected chi connectivity index (χ4v) is 3.66. The Bertz CT molecular complexity index is 399. The second kappa shape index (κ2) is 6.75. The van der Waals surface area contributed by atoms with E-state index in [2.05, 4.69) is 31.0 Å². The average Bonchev–Trinajstić information content (AvgIpc) is 2.27. The van der Waals surface area contributed by atoms with E-state index in [-0.39, 0.29) is 5.75 Å². The summed E-state index contributed by atoms with van der Waals surface area (Å²) in [6.07, 6.45) is 1.15. The molecule has 1 fully saturated rings. The van der Waals surface area contributed by atoms with Gasteiger partial charge in [0.2, 0.25) is 0 Å². The number of nitrogens with zero attached hydrogens (tertiary/aromatic N) is 1. The Kier molecular flexibility index (Phi) is 6.05. The molecule has 2 unspecified atom stereocenters. The summed E-state index contributed by atoms with van der Waals surface area (Å²) in [5.41, 5.74) is 0. The van der Waals surface area contributed by atoms with Gasteiger partial charge in [-0.15, -0.1) is 0 Å². The Morgan fingerprint density at radius 1 is 1.30 bits per heavy atom. The first-order valence-electron chi connectivity index (χ1n) is 7.72. The monoisotopic (exact) mass is 304 g/mol. The summed E-state index contributed by atoms with van der Waals surface area (Å²) in [6, 6.07) is 0.900. The summed E-state index contributed by atoms with van der Waals surface area (Å²) in [4.78, 5) is 2.33. The topological polar surface area (TPSA) is 49.4 Å². The smallest absolute Gasteiger partial charge is 0.156 e. The summed E-state index contributed by atoms with van der Waals surface area (Å²) in [6.45, 7) is 14.5. The molecular formula is C15H32N2O2S. The van der Waals surface area contributed by atoms with E-state index in [0.717, 1.165) is 19.5 Å². The van der Waals surface area contributed by atoms with Crippen molar-refractivity contribution in [3.8, 4) is 0 Å². The molecule has 0 saturated carbocycles. The zero-order chi connectivity index (χ0) is 15.6. The van der Waals surface area contributed by atoms with E-state index in [1.807, 2.05) is 0 Å². The Labute approximate surface area is 125 Å². The van der Waals surface area contributed by atoms with Crippen molar-refractivity contribution in [1.82, 2.24) is 10.2 Å². The van der Waals surface area contributed by atoms with Crippen LogP contribution in [0.4, 0.5) is 0 Å². The van der Waals surface area contributed by atoms with Gasteiger partial charge in [-0.2, -0.15) is 0 Å². The van der Waals surface area contributed by atoms with Crippen LogP contribution in [-0.4, -0.2) is 55.5 Å². The highest BCUT2D eigenvalue weighted by Gasteiger charge is 2.31. The lowest BCUT2D eigenvalue weighted by Crippen LogP contribution is -2.56. The van der Waals surface area contributed by atoms with E-state index >= 15 is 0 Å². The van der Waals surface area contributed by atoms with Crippen LogP contribution in [0.2, 0.25) is 0 Å². The summed E-state index contributed by atoms with van der Waals surface area (Å²) in [7, 11) is -3.02. The van der Waals surface area contributed by atoms with Crippen molar-refractivity contribution in [2.45, 2.75) is 64.8 Å². The molecule has 0 aromatic rings. The molecule has 0 bridgehead atoms. The SMILES string of the molecule is CC(C)CC1CN(CCS(=O)(=O)C(C)(C)C)C(C)CN1. The van der Waals surface area contributed by atoms with Gasteiger partial charge in [0.05, 0.1) is 10.5 Å². The molecule has 120 valence electrons. The molecule has 0 amide bonds. The fourth-order valence-electron chi connectivity index (χ4n) is 2.58. The van der Waals surface area contributed by atoms with Gasteiger partial charge >= 0.3 is 0 Å². The van der Waals surface area contributed by atoms with Crippen LogP contribution in [0.1, 0.15) is 48.0 Å². The van der Waals surface area contributed by atoms with E-state index in [1.54, 1.807) is 20.8 Å². The van der Waals surface area contributed by atoms with Crippen LogP contribution in [0.25, 0.3) is 0 Å². The third kappa shape index (κ3) is 5.01. The third-order valence-electron chi connectivity index (χ3n) is 4.12. The largest absolute Gasteiger partial charge is 0.311 e. The lowest BCUT2D eigenvalue weighted by atomic mass is 10.0. The molecule has 5 heteroatoms. The Balaban J connectivity index is 2.57. The maximum Gasteiger partial charge on any atom is 0.156 e. The molecule has 0 spiro atoms.